The van der Waals surface area contributed by atoms with Gasteiger partial charge in [0.2, 0.25) is 5.88 Å². The first-order valence-electron chi connectivity index (χ1n) is 24.9. The molecule has 3 atom stereocenters. The van der Waals surface area contributed by atoms with Crippen molar-refractivity contribution >= 4 is 55.4 Å². The van der Waals surface area contributed by atoms with Gasteiger partial charge in [0.15, 0.2) is 0 Å². The third-order valence-electron chi connectivity index (χ3n) is 15.8. The van der Waals surface area contributed by atoms with Crippen LogP contribution in [0.15, 0.2) is 83.9 Å². The van der Waals surface area contributed by atoms with E-state index in [-0.39, 0.29) is 34.7 Å². The number of anilines is 4. The number of carbonyl (C=O) groups excluding carboxylic acids is 1. The third kappa shape index (κ3) is 8.97. The maximum atomic E-state index is 14.6. The lowest BCUT2D eigenvalue weighted by molar-refractivity contribution is -0.384. The summed E-state index contributed by atoms with van der Waals surface area (Å²) >= 11 is 0. The van der Waals surface area contributed by atoms with Gasteiger partial charge in [0.1, 0.15) is 23.1 Å². The number of nitro benzene ring substituents is 1. The van der Waals surface area contributed by atoms with Crippen LogP contribution in [0.5, 0.6) is 5.88 Å². The van der Waals surface area contributed by atoms with Crippen molar-refractivity contribution in [3.8, 4) is 5.88 Å². The molecule has 2 aromatic heterocycles. The summed E-state index contributed by atoms with van der Waals surface area (Å²) in [4.78, 5) is 41.0. The van der Waals surface area contributed by atoms with Gasteiger partial charge in [-0.15, -0.1) is 0 Å². The molecular formula is C52H62N8O9S. The van der Waals surface area contributed by atoms with Crippen LogP contribution in [0.4, 0.5) is 28.4 Å². The zero-order chi connectivity index (χ0) is 48.1. The van der Waals surface area contributed by atoms with E-state index in [9.17, 15) is 23.3 Å². The monoisotopic (exact) mass is 974 g/mol. The summed E-state index contributed by atoms with van der Waals surface area (Å²) in [7, 11) is -4.60. The van der Waals surface area contributed by atoms with Crippen LogP contribution in [0.3, 0.4) is 0 Å². The molecule has 3 N–H and O–H groups in total. The van der Waals surface area contributed by atoms with Gasteiger partial charge in [0.05, 0.1) is 53.0 Å². The Balaban J connectivity index is 0.867. The molecule has 370 valence electrons. The predicted octanol–water partition coefficient (Wildman–Crippen LogP) is 8.06. The Kier molecular flexibility index (Phi) is 12.7. The molecule has 6 aliphatic rings. The Morgan fingerprint density at radius 2 is 1.74 bits per heavy atom. The van der Waals surface area contributed by atoms with Gasteiger partial charge in [0, 0.05) is 75.4 Å². The molecule has 3 aromatic carbocycles. The Hall–Kier alpha value is -5.79. The molecule has 11 rings (SSSR count). The molecule has 70 heavy (non-hydrogen) atoms. The summed E-state index contributed by atoms with van der Waals surface area (Å²) in [6.07, 6.45) is 8.42. The molecule has 4 saturated heterocycles. The van der Waals surface area contributed by atoms with Crippen LogP contribution in [0.2, 0.25) is 0 Å². The number of hydrogen-bond donors (Lipinski definition) is 3. The van der Waals surface area contributed by atoms with Crippen molar-refractivity contribution in [3.63, 3.8) is 0 Å². The summed E-state index contributed by atoms with van der Waals surface area (Å²) in [5.41, 5.74) is 5.59. The average Bonchev–Trinajstić information content (AvgIpc) is 3.96. The van der Waals surface area contributed by atoms with Crippen LogP contribution in [-0.2, 0) is 24.2 Å². The fraction of sp³-hybridized carbons (Fsp3) is 0.500. The number of benzene rings is 3. The summed E-state index contributed by atoms with van der Waals surface area (Å²) in [5.74, 6) is 0.189. The van der Waals surface area contributed by atoms with E-state index >= 15 is 0 Å². The smallest absolute Gasteiger partial charge is 0.293 e. The van der Waals surface area contributed by atoms with E-state index in [0.29, 0.717) is 74.4 Å². The maximum absolute atomic E-state index is 14.6. The molecule has 17 nitrogen and oxygen atoms in total. The number of aromatic nitrogens is 2. The van der Waals surface area contributed by atoms with Gasteiger partial charge in [0.25, 0.3) is 21.6 Å². The third-order valence-corrected chi connectivity index (χ3v) is 17.1. The second-order valence-corrected chi connectivity index (χ2v) is 22.1. The SMILES string of the molecule is CC(C)c1ccccc1[C@@H]1COCCCN1C1CC2(CCN(c3ccc(C(=O)NS(=O)(=O)c4ccc(NCC5CCOCC5)c([N+](=O)[O-])c4)c(N4c5cc6cc[nH]c6nc5O[C@@H]5COC[C@H]54)c3)CC2)C1. The van der Waals surface area contributed by atoms with Crippen LogP contribution < -0.4 is 24.6 Å². The van der Waals surface area contributed by atoms with Crippen molar-refractivity contribution in [2.24, 2.45) is 11.3 Å². The van der Waals surface area contributed by atoms with Gasteiger partial charge in [-0.2, -0.15) is 4.98 Å². The minimum Gasteiger partial charge on any atom is -0.468 e. The summed E-state index contributed by atoms with van der Waals surface area (Å²) in [6, 6.07) is 22.3. The van der Waals surface area contributed by atoms with Gasteiger partial charge in [-0.3, -0.25) is 19.8 Å². The highest BCUT2D eigenvalue weighted by Crippen LogP contribution is 2.54. The predicted molar refractivity (Wildman–Crippen MR) is 266 cm³/mol. The number of amides is 1. The average molecular weight is 975 g/mol. The first-order valence-corrected chi connectivity index (χ1v) is 26.4. The molecule has 0 bridgehead atoms. The standard InChI is InChI=1S/C52H62N8O9S/c1-33(2)39-6-3-4-7-40(39)46-30-67-21-5-18-58(46)37-27-52(28-37)15-19-57(20-16-52)36-8-10-41(43(25-36)59-45-24-35-12-17-53-49(35)55-51(45)69-48-32-68-31-47(48)59)50(61)56-70(64,65)38-9-11-42(44(26-38)60(62)63)54-29-34-13-22-66-23-14-34/h3-4,6-12,17,24-26,33-34,37,46-48,54H,5,13-16,18-23,27-32H2,1-2H3,(H,53,55)(H,56,61)/t46-,47+,48+/m0/s1. The number of nitro groups is 1. The minimum absolute atomic E-state index is 0.106. The number of ether oxygens (including phenoxy) is 4. The number of hydrogen-bond acceptors (Lipinski definition) is 14. The number of piperidine rings is 1. The van der Waals surface area contributed by atoms with Gasteiger partial charge < -0.3 is 39.0 Å². The van der Waals surface area contributed by atoms with E-state index in [0.717, 1.165) is 88.3 Å². The van der Waals surface area contributed by atoms with Crippen molar-refractivity contribution in [1.29, 1.82) is 0 Å². The van der Waals surface area contributed by atoms with Gasteiger partial charge in [-0.05, 0) is 116 Å². The number of aromatic amines is 1. The Bertz CT molecular complexity index is 2870. The molecule has 1 spiro atoms. The summed E-state index contributed by atoms with van der Waals surface area (Å²) < 4.78 is 54.6. The van der Waals surface area contributed by atoms with E-state index in [1.807, 2.05) is 29.2 Å². The molecule has 0 unspecified atom stereocenters. The second kappa shape index (κ2) is 19.1. The van der Waals surface area contributed by atoms with Crippen molar-refractivity contribution in [3.05, 3.63) is 106 Å². The normalized spacial score (nSPS) is 23.1. The van der Waals surface area contributed by atoms with Crippen LogP contribution in [0, 0.1) is 21.4 Å². The molecule has 5 aromatic rings. The number of fused-ring (bicyclic) bond motifs is 3. The first kappa shape index (κ1) is 46.6. The molecule has 1 amide bonds. The number of pyridine rings is 1. The topological polar surface area (TPSA) is 194 Å². The van der Waals surface area contributed by atoms with Crippen molar-refractivity contribution in [1.82, 2.24) is 19.6 Å². The number of sulfonamides is 1. The van der Waals surface area contributed by atoms with Crippen molar-refractivity contribution in [2.45, 2.75) is 93.8 Å². The Labute approximate surface area is 408 Å². The first-order chi connectivity index (χ1) is 33.9. The van der Waals surface area contributed by atoms with E-state index in [2.05, 4.69) is 62.9 Å². The van der Waals surface area contributed by atoms with Crippen LogP contribution in [0.25, 0.3) is 11.0 Å². The highest BCUT2D eigenvalue weighted by molar-refractivity contribution is 7.90. The van der Waals surface area contributed by atoms with Gasteiger partial charge in [-0.1, -0.05) is 38.1 Å². The molecular weight excluding hydrogens is 913 g/mol. The van der Waals surface area contributed by atoms with Crippen LogP contribution >= 0.6 is 0 Å². The molecule has 5 fully saturated rings. The largest absolute Gasteiger partial charge is 0.468 e. The minimum atomic E-state index is -4.60. The summed E-state index contributed by atoms with van der Waals surface area (Å²) in [6.45, 7) is 11.1. The van der Waals surface area contributed by atoms with Crippen LogP contribution in [-0.4, -0.2) is 118 Å². The number of H-pyrrole nitrogens is 1. The van der Waals surface area contributed by atoms with E-state index in [4.69, 9.17) is 23.9 Å². The van der Waals surface area contributed by atoms with Gasteiger partial charge >= 0.3 is 0 Å². The zero-order valence-corrected chi connectivity index (χ0v) is 40.6. The highest BCUT2D eigenvalue weighted by Gasteiger charge is 2.50. The molecule has 0 radical (unpaired) electrons. The van der Waals surface area contributed by atoms with E-state index in [1.54, 1.807) is 12.3 Å². The van der Waals surface area contributed by atoms with E-state index in [1.165, 1.54) is 23.3 Å². The molecule has 1 aliphatic carbocycles. The van der Waals surface area contributed by atoms with Crippen LogP contribution in [0.1, 0.15) is 92.2 Å². The Morgan fingerprint density at radius 1 is 0.929 bits per heavy atom. The maximum Gasteiger partial charge on any atom is 0.293 e. The quantitative estimate of drug-likeness (QED) is 0.0803. The lowest BCUT2D eigenvalue weighted by Crippen LogP contribution is -2.56. The van der Waals surface area contributed by atoms with Gasteiger partial charge in [-0.25, -0.2) is 13.1 Å². The highest BCUT2D eigenvalue weighted by atomic mass is 32.2. The molecule has 5 aliphatic heterocycles. The lowest BCUT2D eigenvalue weighted by atomic mass is 9.59. The fourth-order valence-electron chi connectivity index (χ4n) is 11.9. The van der Waals surface area contributed by atoms with Crippen molar-refractivity contribution < 1.29 is 37.1 Å². The number of nitrogens with one attached hydrogen (secondary N) is 3. The number of carbonyl (C=O) groups is 1. The van der Waals surface area contributed by atoms with Crippen molar-refractivity contribution in [2.75, 3.05) is 80.9 Å². The molecule has 18 heteroatoms. The molecule has 7 heterocycles. The Morgan fingerprint density at radius 3 is 2.54 bits per heavy atom. The number of nitrogens with zero attached hydrogens (tertiary/aromatic N) is 5. The second-order valence-electron chi connectivity index (χ2n) is 20.4. The summed E-state index contributed by atoms with van der Waals surface area (Å²) in [5, 5.41) is 16.3. The lowest BCUT2D eigenvalue weighted by Gasteiger charge is -2.56. The van der Waals surface area contributed by atoms with E-state index < -0.39 is 37.5 Å². The number of rotatable bonds is 12. The zero-order valence-electron chi connectivity index (χ0n) is 39.8. The fourth-order valence-corrected chi connectivity index (χ4v) is 12.9. The molecule has 1 saturated carbocycles.